The van der Waals surface area contributed by atoms with Crippen molar-refractivity contribution >= 4 is 44.8 Å². The maximum atomic E-state index is 6.33. The second-order valence-electron chi connectivity index (χ2n) is 7.28. The lowest BCUT2D eigenvalue weighted by Crippen LogP contribution is -2.68. The smallest absolute Gasteiger partial charge is 0.248 e. The normalized spacial score (nSPS) is 27.9. The Morgan fingerprint density at radius 3 is 1.44 bits per heavy atom. The zero-order chi connectivity index (χ0) is 18.2. The standard InChI is InChI=1S/C20H22B2N2O2S/c1-3-7-17(8-4-1)21(23-13-15-25-21)19-11-12-20(27-19)22(24-14-16-26-22)18-9-5-2-6-10-18/h1-12,23-24H,13-16H2/q-2/t21-,22-/m1/s1. The Labute approximate surface area is 163 Å². The molecular weight excluding hydrogens is 354 g/mol. The van der Waals surface area contributed by atoms with Crippen LogP contribution >= 0.6 is 11.3 Å². The molecule has 0 unspecified atom stereocenters. The van der Waals surface area contributed by atoms with Gasteiger partial charge in [-0.2, -0.15) is 10.9 Å². The minimum Gasteiger partial charge on any atom is -0.569 e. The molecule has 3 heterocycles. The van der Waals surface area contributed by atoms with Gasteiger partial charge < -0.3 is 19.8 Å². The molecule has 0 saturated carbocycles. The van der Waals surface area contributed by atoms with Crippen LogP contribution < -0.4 is 30.9 Å². The van der Waals surface area contributed by atoms with Gasteiger partial charge >= 0.3 is 0 Å². The van der Waals surface area contributed by atoms with Gasteiger partial charge in [0.15, 0.2) is 0 Å². The fraction of sp³-hybridized carbons (Fsp3) is 0.200. The fourth-order valence-corrected chi connectivity index (χ4v) is 5.94. The van der Waals surface area contributed by atoms with Crippen molar-refractivity contribution in [2.24, 2.45) is 0 Å². The fourth-order valence-electron chi connectivity index (χ4n) is 4.49. The van der Waals surface area contributed by atoms with E-state index in [1.54, 1.807) is 11.3 Å². The van der Waals surface area contributed by atoms with Gasteiger partial charge in [-0.25, -0.2) is 11.3 Å². The summed E-state index contributed by atoms with van der Waals surface area (Å²) in [5.41, 5.74) is 2.40. The number of nitrogens with one attached hydrogen (secondary N) is 2. The maximum absolute atomic E-state index is 6.33. The molecule has 2 fully saturated rings. The topological polar surface area (TPSA) is 42.5 Å². The molecule has 2 atom stereocenters. The summed E-state index contributed by atoms with van der Waals surface area (Å²) < 4.78 is 15.1. The van der Waals surface area contributed by atoms with Gasteiger partial charge in [0.1, 0.15) is 0 Å². The van der Waals surface area contributed by atoms with Gasteiger partial charge in [-0.1, -0.05) is 72.8 Å². The lowest BCUT2D eigenvalue weighted by molar-refractivity contribution is 0.367. The largest absolute Gasteiger partial charge is 0.569 e. The van der Waals surface area contributed by atoms with Crippen LogP contribution in [0.2, 0.25) is 0 Å². The molecule has 1 aromatic heterocycles. The van der Waals surface area contributed by atoms with Gasteiger partial charge in [-0.3, -0.25) is 0 Å². The third-order valence-electron chi connectivity index (χ3n) is 5.79. The molecule has 3 aromatic rings. The van der Waals surface area contributed by atoms with Crippen molar-refractivity contribution in [1.29, 1.82) is 0 Å². The lowest BCUT2D eigenvalue weighted by atomic mass is 9.45. The molecule has 0 spiro atoms. The number of benzene rings is 2. The van der Waals surface area contributed by atoms with Crippen LogP contribution in [0.25, 0.3) is 0 Å². The average Bonchev–Trinajstić information content (AvgIpc) is 3.50. The van der Waals surface area contributed by atoms with E-state index in [-0.39, 0.29) is 0 Å². The molecule has 7 heteroatoms. The van der Waals surface area contributed by atoms with Crippen LogP contribution in [0, 0.1) is 0 Å². The third kappa shape index (κ3) is 2.78. The van der Waals surface area contributed by atoms with Crippen molar-refractivity contribution < 1.29 is 9.31 Å². The number of hydrogen-bond donors (Lipinski definition) is 2. The molecule has 0 radical (unpaired) electrons. The number of rotatable bonds is 4. The maximum Gasteiger partial charge on any atom is 0.248 e. The molecule has 2 aliphatic rings. The first-order valence-corrected chi connectivity index (χ1v) is 10.4. The molecular formula is C20H22B2N2O2S-2. The molecule has 27 heavy (non-hydrogen) atoms. The minimum absolute atomic E-state index is 0.728. The zero-order valence-electron chi connectivity index (χ0n) is 15.1. The molecule has 2 saturated heterocycles. The predicted molar refractivity (Wildman–Crippen MR) is 115 cm³/mol. The van der Waals surface area contributed by atoms with E-state index in [9.17, 15) is 0 Å². The van der Waals surface area contributed by atoms with Crippen LogP contribution in [-0.4, -0.2) is 39.3 Å². The Morgan fingerprint density at radius 1 is 0.630 bits per heavy atom. The first kappa shape index (κ1) is 17.2. The Hall–Kier alpha value is -1.89. The Kier molecular flexibility index (Phi) is 4.42. The Bertz CT molecular complexity index is 834. The molecule has 4 nitrogen and oxygen atoms in total. The first-order valence-electron chi connectivity index (χ1n) is 9.63. The molecule has 0 aliphatic carbocycles. The predicted octanol–water partition coefficient (Wildman–Crippen LogP) is 0.101. The quantitative estimate of drug-likeness (QED) is 0.635. The summed E-state index contributed by atoms with van der Waals surface area (Å²) in [6.07, 6.45) is 0. The minimum atomic E-state index is -1.37. The van der Waals surface area contributed by atoms with E-state index in [4.69, 9.17) is 9.31 Å². The highest BCUT2D eigenvalue weighted by Crippen LogP contribution is 2.16. The van der Waals surface area contributed by atoms with E-state index >= 15 is 0 Å². The second kappa shape index (κ2) is 6.93. The summed E-state index contributed by atoms with van der Waals surface area (Å²) in [7, 11) is 0. The van der Waals surface area contributed by atoms with E-state index in [2.05, 4.69) is 71.1 Å². The molecule has 2 N–H and O–H groups in total. The van der Waals surface area contributed by atoms with Gasteiger partial charge in [0.25, 0.3) is 0 Å². The summed E-state index contributed by atoms with van der Waals surface area (Å²) >= 11 is 1.80. The number of thiophene rings is 1. The van der Waals surface area contributed by atoms with Gasteiger partial charge in [0.05, 0.1) is 0 Å². The highest BCUT2D eigenvalue weighted by atomic mass is 32.1. The van der Waals surface area contributed by atoms with Crippen molar-refractivity contribution in [3.63, 3.8) is 0 Å². The van der Waals surface area contributed by atoms with Crippen LogP contribution in [0.1, 0.15) is 0 Å². The third-order valence-corrected chi connectivity index (χ3v) is 7.20. The van der Waals surface area contributed by atoms with Crippen LogP contribution in [0.5, 0.6) is 0 Å². The van der Waals surface area contributed by atoms with Gasteiger partial charge in [0.2, 0.25) is 13.0 Å². The summed E-state index contributed by atoms with van der Waals surface area (Å²) in [6.45, 7) is 0.442. The van der Waals surface area contributed by atoms with Crippen molar-refractivity contribution in [1.82, 2.24) is 10.5 Å². The van der Waals surface area contributed by atoms with Gasteiger partial charge in [-0.15, -0.1) is 9.55 Å². The van der Waals surface area contributed by atoms with E-state index < -0.39 is 13.0 Å². The van der Waals surface area contributed by atoms with Crippen LogP contribution in [0.3, 0.4) is 0 Å². The van der Waals surface area contributed by atoms with Crippen molar-refractivity contribution in [3.8, 4) is 0 Å². The Balaban J connectivity index is 1.59. The van der Waals surface area contributed by atoms with Gasteiger partial charge in [0, 0.05) is 13.2 Å². The second-order valence-corrected chi connectivity index (χ2v) is 8.43. The van der Waals surface area contributed by atoms with E-state index in [1.165, 1.54) is 20.5 Å². The molecule has 0 amide bonds. The van der Waals surface area contributed by atoms with Crippen molar-refractivity contribution in [2.75, 3.05) is 26.3 Å². The molecule has 2 aliphatic heterocycles. The average molecular weight is 376 g/mol. The molecule has 2 aromatic carbocycles. The highest BCUT2D eigenvalue weighted by molar-refractivity contribution is 7.36. The lowest BCUT2D eigenvalue weighted by Gasteiger charge is -2.38. The van der Waals surface area contributed by atoms with E-state index in [1.807, 2.05) is 12.1 Å². The highest BCUT2D eigenvalue weighted by Gasteiger charge is 2.38. The van der Waals surface area contributed by atoms with Crippen LogP contribution in [-0.2, 0) is 9.31 Å². The number of hydrogen-bond acceptors (Lipinski definition) is 5. The van der Waals surface area contributed by atoms with E-state index in [0.717, 1.165) is 26.3 Å². The zero-order valence-corrected chi connectivity index (χ0v) is 16.0. The van der Waals surface area contributed by atoms with Gasteiger partial charge in [-0.05, 0) is 13.1 Å². The summed E-state index contributed by atoms with van der Waals surface area (Å²) in [5.74, 6) is 0. The summed E-state index contributed by atoms with van der Waals surface area (Å²) in [6, 6.07) is 25.4. The molecule has 138 valence electrons. The van der Waals surface area contributed by atoms with E-state index in [0.29, 0.717) is 0 Å². The monoisotopic (exact) mass is 376 g/mol. The Morgan fingerprint density at radius 2 is 1.07 bits per heavy atom. The van der Waals surface area contributed by atoms with Crippen LogP contribution in [0.15, 0.2) is 72.8 Å². The summed E-state index contributed by atoms with van der Waals surface area (Å²) in [4.78, 5) is 0. The molecule has 5 rings (SSSR count). The van der Waals surface area contributed by atoms with Crippen LogP contribution in [0.4, 0.5) is 0 Å². The molecule has 0 bridgehead atoms. The van der Waals surface area contributed by atoms with Crippen molar-refractivity contribution in [3.05, 3.63) is 72.8 Å². The van der Waals surface area contributed by atoms with Crippen molar-refractivity contribution in [2.45, 2.75) is 0 Å². The SMILES string of the molecule is c1ccc([B@@-]2(c3ccc([B@-]4(c5ccccc5)NCCO4)s3)NCCO2)cc1. The summed E-state index contributed by atoms with van der Waals surface area (Å²) in [5, 5.41) is 7.31. The first-order chi connectivity index (χ1) is 13.3.